The first kappa shape index (κ1) is 13.7. The molecule has 0 aliphatic carbocycles. The second-order valence-corrected chi connectivity index (χ2v) is 4.93. The molecule has 0 radical (unpaired) electrons. The maximum Gasteiger partial charge on any atom is 0.292 e. The van der Waals surface area contributed by atoms with Gasteiger partial charge in [0, 0.05) is 38.6 Å². The topological polar surface area (TPSA) is 67.8 Å². The molecule has 1 aromatic heterocycles. The minimum atomic E-state index is -0.0917. The van der Waals surface area contributed by atoms with Gasteiger partial charge in [-0.1, -0.05) is 0 Å². The lowest BCUT2D eigenvalue weighted by Gasteiger charge is -2.35. The molecule has 0 N–H and O–H groups in total. The van der Waals surface area contributed by atoms with Gasteiger partial charge in [0.25, 0.3) is 5.91 Å². The quantitative estimate of drug-likeness (QED) is 0.785. The summed E-state index contributed by atoms with van der Waals surface area (Å²) in [6.45, 7) is 5.43. The molecule has 1 fully saturated rings. The van der Waals surface area contributed by atoms with Gasteiger partial charge in [-0.25, -0.2) is 4.98 Å². The Morgan fingerprint density at radius 3 is 2.57 bits per heavy atom. The van der Waals surface area contributed by atoms with Crippen molar-refractivity contribution in [3.8, 4) is 0 Å². The van der Waals surface area contributed by atoms with E-state index in [0.29, 0.717) is 37.8 Å². The molecule has 7 heteroatoms. The van der Waals surface area contributed by atoms with Crippen LogP contribution >= 0.6 is 0 Å². The van der Waals surface area contributed by atoms with Crippen LogP contribution in [0.15, 0.2) is 30.1 Å². The Hall–Kier alpha value is -2.31. The molecule has 2 aliphatic heterocycles. The molecule has 21 heavy (non-hydrogen) atoms. The van der Waals surface area contributed by atoms with Crippen molar-refractivity contribution < 1.29 is 14.3 Å². The Balaban J connectivity index is 1.62. The lowest BCUT2D eigenvalue weighted by atomic mass is 10.2. The number of aromatic nitrogens is 2. The van der Waals surface area contributed by atoms with Crippen molar-refractivity contribution in [1.29, 1.82) is 0 Å². The summed E-state index contributed by atoms with van der Waals surface area (Å²) in [4.78, 5) is 24.7. The summed E-state index contributed by atoms with van der Waals surface area (Å²) in [5.74, 6) is 1.67. The molecule has 0 aromatic carbocycles. The van der Waals surface area contributed by atoms with Gasteiger partial charge in [0.2, 0.25) is 5.76 Å². The number of hydrogen-bond donors (Lipinski definition) is 0. The summed E-state index contributed by atoms with van der Waals surface area (Å²) >= 11 is 0. The largest absolute Gasteiger partial charge is 0.491 e. The van der Waals surface area contributed by atoms with Crippen molar-refractivity contribution in [1.82, 2.24) is 14.9 Å². The van der Waals surface area contributed by atoms with E-state index >= 15 is 0 Å². The van der Waals surface area contributed by atoms with E-state index in [1.807, 2.05) is 0 Å². The van der Waals surface area contributed by atoms with E-state index in [1.54, 1.807) is 30.4 Å². The summed E-state index contributed by atoms with van der Waals surface area (Å²) in [6, 6.07) is 0. The van der Waals surface area contributed by atoms with Gasteiger partial charge in [0.05, 0.1) is 6.20 Å². The molecular formula is C14H18N4O3. The number of ether oxygens (including phenoxy) is 2. The number of anilines is 1. The Labute approximate surface area is 123 Å². The maximum absolute atomic E-state index is 12.4. The summed E-state index contributed by atoms with van der Waals surface area (Å²) < 4.78 is 10.8. The summed E-state index contributed by atoms with van der Waals surface area (Å²) in [5.41, 5.74) is 0. The molecule has 1 amide bonds. The third kappa shape index (κ3) is 2.91. The Bertz CT molecular complexity index is 538. The molecule has 0 saturated carbocycles. The first-order valence-corrected chi connectivity index (χ1v) is 7.02. The Morgan fingerprint density at radius 1 is 1.14 bits per heavy atom. The number of carbonyl (C=O) groups excluding carboxylic acids is 1. The van der Waals surface area contributed by atoms with Crippen LogP contribution in [0.25, 0.3) is 0 Å². The van der Waals surface area contributed by atoms with Gasteiger partial charge >= 0.3 is 0 Å². The van der Waals surface area contributed by atoms with Crippen LogP contribution in [0.1, 0.15) is 6.92 Å². The smallest absolute Gasteiger partial charge is 0.292 e. The van der Waals surface area contributed by atoms with Crippen molar-refractivity contribution in [2.75, 3.05) is 44.3 Å². The SMILES string of the molecule is CC1=C(C(=O)N2CCN(c3cnccn3)CC2)OCCO1. The number of rotatable bonds is 2. The van der Waals surface area contributed by atoms with Gasteiger partial charge in [-0.05, 0) is 6.92 Å². The zero-order valence-corrected chi connectivity index (χ0v) is 12.0. The lowest BCUT2D eigenvalue weighted by molar-refractivity contribution is -0.133. The number of allylic oxidation sites excluding steroid dienone is 1. The Morgan fingerprint density at radius 2 is 1.90 bits per heavy atom. The van der Waals surface area contributed by atoms with Crippen molar-refractivity contribution in [2.45, 2.75) is 6.92 Å². The fourth-order valence-electron chi connectivity index (χ4n) is 2.45. The van der Waals surface area contributed by atoms with Crippen LogP contribution in [0.2, 0.25) is 0 Å². The van der Waals surface area contributed by atoms with Crippen LogP contribution < -0.4 is 4.90 Å². The monoisotopic (exact) mass is 290 g/mol. The highest BCUT2D eigenvalue weighted by molar-refractivity contribution is 5.92. The molecule has 0 spiro atoms. The van der Waals surface area contributed by atoms with E-state index in [-0.39, 0.29) is 5.91 Å². The van der Waals surface area contributed by atoms with Crippen LogP contribution in [-0.4, -0.2) is 60.2 Å². The van der Waals surface area contributed by atoms with Crippen molar-refractivity contribution in [3.05, 3.63) is 30.1 Å². The van der Waals surface area contributed by atoms with Crippen LogP contribution in [0.5, 0.6) is 0 Å². The van der Waals surface area contributed by atoms with Crippen molar-refractivity contribution >= 4 is 11.7 Å². The van der Waals surface area contributed by atoms with E-state index in [4.69, 9.17) is 9.47 Å². The number of carbonyl (C=O) groups is 1. The number of hydrogen-bond acceptors (Lipinski definition) is 6. The van der Waals surface area contributed by atoms with Gasteiger partial charge in [-0.15, -0.1) is 0 Å². The van der Waals surface area contributed by atoms with E-state index in [1.165, 1.54) is 0 Å². The molecule has 1 saturated heterocycles. The average Bonchev–Trinajstić information content (AvgIpc) is 2.56. The fraction of sp³-hybridized carbons (Fsp3) is 0.500. The Kier molecular flexibility index (Phi) is 3.89. The minimum absolute atomic E-state index is 0.0917. The number of nitrogens with zero attached hydrogens (tertiary/aromatic N) is 4. The first-order valence-electron chi connectivity index (χ1n) is 7.02. The van der Waals surface area contributed by atoms with Gasteiger partial charge in [0.15, 0.2) is 0 Å². The standard InChI is InChI=1S/C14H18N4O3/c1-11-13(21-9-8-20-11)14(19)18-6-4-17(5-7-18)12-10-15-2-3-16-12/h2-3,10H,4-9H2,1H3. The second-order valence-electron chi connectivity index (χ2n) is 4.93. The lowest BCUT2D eigenvalue weighted by Crippen LogP contribution is -2.50. The van der Waals surface area contributed by atoms with Crippen LogP contribution in [0.3, 0.4) is 0 Å². The van der Waals surface area contributed by atoms with E-state index < -0.39 is 0 Å². The maximum atomic E-state index is 12.4. The second kappa shape index (κ2) is 5.99. The minimum Gasteiger partial charge on any atom is -0.491 e. The molecule has 112 valence electrons. The van der Waals surface area contributed by atoms with E-state index in [0.717, 1.165) is 18.9 Å². The molecule has 2 aliphatic rings. The van der Waals surface area contributed by atoms with Crippen molar-refractivity contribution in [3.63, 3.8) is 0 Å². The predicted octanol–water partition coefficient (Wildman–Crippen LogP) is 0.403. The average molecular weight is 290 g/mol. The number of amides is 1. The van der Waals surface area contributed by atoms with Crippen LogP contribution in [-0.2, 0) is 14.3 Å². The predicted molar refractivity (Wildman–Crippen MR) is 75.4 cm³/mol. The molecule has 0 atom stereocenters. The highest BCUT2D eigenvalue weighted by atomic mass is 16.6. The van der Waals surface area contributed by atoms with Gasteiger partial charge in [-0.3, -0.25) is 9.78 Å². The molecule has 7 nitrogen and oxygen atoms in total. The third-order valence-corrected chi connectivity index (χ3v) is 3.60. The number of piperazine rings is 1. The van der Waals surface area contributed by atoms with Crippen LogP contribution in [0, 0.1) is 0 Å². The zero-order chi connectivity index (χ0) is 14.7. The zero-order valence-electron chi connectivity index (χ0n) is 12.0. The third-order valence-electron chi connectivity index (χ3n) is 3.60. The highest BCUT2D eigenvalue weighted by Crippen LogP contribution is 2.18. The summed E-state index contributed by atoms with van der Waals surface area (Å²) in [5, 5.41) is 0. The first-order chi connectivity index (χ1) is 10.3. The van der Waals surface area contributed by atoms with E-state index in [2.05, 4.69) is 14.9 Å². The highest BCUT2D eigenvalue weighted by Gasteiger charge is 2.28. The molecule has 0 bridgehead atoms. The van der Waals surface area contributed by atoms with Crippen molar-refractivity contribution in [2.24, 2.45) is 0 Å². The molecular weight excluding hydrogens is 272 g/mol. The summed E-state index contributed by atoms with van der Waals surface area (Å²) in [7, 11) is 0. The van der Waals surface area contributed by atoms with Gasteiger partial charge in [0.1, 0.15) is 24.8 Å². The normalized spacial score (nSPS) is 19.1. The van der Waals surface area contributed by atoms with E-state index in [9.17, 15) is 4.79 Å². The van der Waals surface area contributed by atoms with Gasteiger partial charge in [-0.2, -0.15) is 0 Å². The fourth-order valence-corrected chi connectivity index (χ4v) is 2.45. The summed E-state index contributed by atoms with van der Waals surface area (Å²) in [6.07, 6.45) is 5.06. The van der Waals surface area contributed by atoms with Gasteiger partial charge < -0.3 is 19.3 Å². The molecule has 0 unspecified atom stereocenters. The molecule has 3 rings (SSSR count). The molecule has 1 aromatic rings. The van der Waals surface area contributed by atoms with Crippen LogP contribution in [0.4, 0.5) is 5.82 Å². The molecule has 3 heterocycles.